The number of pyridine rings is 1. The standard InChI is InChI=1S/C7H9NO.C6H13NO2/c9-6-4-7-3-1-2-5-8-7;8-4-1-7-2-5-9-6-3-7/h1-3,5,9H,4,6H2;8H,1-6H2. The quantitative estimate of drug-likeness (QED) is 0.787. The number of nitrogens with zero attached hydrogens (tertiary/aromatic N) is 2. The minimum atomic E-state index is 0.178. The van der Waals surface area contributed by atoms with Crippen molar-refractivity contribution in [1.82, 2.24) is 9.88 Å². The Balaban J connectivity index is 0.000000180. The van der Waals surface area contributed by atoms with Crippen molar-refractivity contribution in [2.24, 2.45) is 0 Å². The molecule has 1 aliphatic heterocycles. The fourth-order valence-corrected chi connectivity index (χ4v) is 1.63. The van der Waals surface area contributed by atoms with Gasteiger partial charge in [-0.05, 0) is 12.1 Å². The van der Waals surface area contributed by atoms with E-state index in [0.717, 1.165) is 38.5 Å². The Morgan fingerprint density at radius 1 is 1.17 bits per heavy atom. The zero-order chi connectivity index (χ0) is 13.1. The molecule has 0 amide bonds. The summed E-state index contributed by atoms with van der Waals surface area (Å²) in [7, 11) is 0. The van der Waals surface area contributed by atoms with E-state index in [2.05, 4.69) is 9.88 Å². The Morgan fingerprint density at radius 3 is 2.50 bits per heavy atom. The molecule has 18 heavy (non-hydrogen) atoms. The highest BCUT2D eigenvalue weighted by molar-refractivity contribution is 5.03. The second-order valence-electron chi connectivity index (χ2n) is 3.97. The van der Waals surface area contributed by atoms with Crippen LogP contribution in [-0.2, 0) is 11.2 Å². The number of β-amino-alcohol motifs (C(OH)–C–C–N with tert-alkyl or cyclic N) is 1. The average molecular weight is 254 g/mol. The van der Waals surface area contributed by atoms with Crippen molar-refractivity contribution in [2.75, 3.05) is 46.1 Å². The highest BCUT2D eigenvalue weighted by atomic mass is 16.5. The third-order valence-electron chi connectivity index (χ3n) is 2.61. The summed E-state index contributed by atoms with van der Waals surface area (Å²) >= 11 is 0. The summed E-state index contributed by atoms with van der Waals surface area (Å²) in [6, 6.07) is 5.68. The van der Waals surface area contributed by atoms with Gasteiger partial charge in [0, 0.05) is 44.6 Å². The molecule has 0 saturated carbocycles. The molecule has 1 saturated heterocycles. The first-order valence-corrected chi connectivity index (χ1v) is 6.28. The van der Waals surface area contributed by atoms with Gasteiger partial charge in [-0.2, -0.15) is 0 Å². The van der Waals surface area contributed by atoms with E-state index in [4.69, 9.17) is 14.9 Å². The molecule has 5 nitrogen and oxygen atoms in total. The van der Waals surface area contributed by atoms with Crippen LogP contribution in [0.2, 0.25) is 0 Å². The molecule has 2 heterocycles. The van der Waals surface area contributed by atoms with Gasteiger partial charge in [-0.15, -0.1) is 0 Å². The summed E-state index contributed by atoms with van der Waals surface area (Å²) in [5, 5.41) is 17.0. The normalized spacial score (nSPS) is 15.9. The fraction of sp³-hybridized carbons (Fsp3) is 0.615. The summed E-state index contributed by atoms with van der Waals surface area (Å²) in [5.74, 6) is 0. The van der Waals surface area contributed by atoms with Crippen molar-refractivity contribution in [3.8, 4) is 0 Å². The van der Waals surface area contributed by atoms with E-state index in [9.17, 15) is 0 Å². The van der Waals surface area contributed by atoms with Crippen molar-refractivity contribution in [3.63, 3.8) is 0 Å². The van der Waals surface area contributed by atoms with Gasteiger partial charge in [0.2, 0.25) is 0 Å². The molecule has 2 N–H and O–H groups in total. The Kier molecular flexibility index (Phi) is 8.33. The number of hydrogen-bond donors (Lipinski definition) is 2. The van der Waals surface area contributed by atoms with Crippen LogP contribution in [0.1, 0.15) is 5.69 Å². The molecule has 0 atom stereocenters. The molecule has 0 bridgehead atoms. The highest BCUT2D eigenvalue weighted by Gasteiger charge is 2.07. The fourth-order valence-electron chi connectivity index (χ4n) is 1.63. The summed E-state index contributed by atoms with van der Waals surface area (Å²) in [6.07, 6.45) is 2.38. The molecule has 1 aliphatic rings. The topological polar surface area (TPSA) is 65.8 Å². The second-order valence-corrected chi connectivity index (χ2v) is 3.97. The van der Waals surface area contributed by atoms with Gasteiger partial charge in [0.05, 0.1) is 19.8 Å². The first-order chi connectivity index (χ1) is 8.86. The van der Waals surface area contributed by atoms with Crippen LogP contribution in [0.15, 0.2) is 24.4 Å². The van der Waals surface area contributed by atoms with Crippen LogP contribution in [0.4, 0.5) is 0 Å². The van der Waals surface area contributed by atoms with Crippen molar-refractivity contribution in [1.29, 1.82) is 0 Å². The third kappa shape index (κ3) is 6.66. The number of aliphatic hydroxyl groups excluding tert-OH is 2. The van der Waals surface area contributed by atoms with E-state index in [1.54, 1.807) is 6.20 Å². The van der Waals surface area contributed by atoms with Crippen molar-refractivity contribution < 1.29 is 14.9 Å². The predicted molar refractivity (Wildman–Crippen MR) is 69.4 cm³/mol. The number of rotatable bonds is 4. The SMILES string of the molecule is OCCN1CCOCC1.OCCc1ccccn1. The van der Waals surface area contributed by atoms with Crippen molar-refractivity contribution in [3.05, 3.63) is 30.1 Å². The number of morpholine rings is 1. The zero-order valence-electron chi connectivity index (χ0n) is 10.7. The third-order valence-corrected chi connectivity index (χ3v) is 2.61. The molecule has 0 aromatic carbocycles. The molecule has 1 aromatic rings. The molecule has 102 valence electrons. The summed E-state index contributed by atoms with van der Waals surface area (Å²) in [6.45, 7) is 4.82. The van der Waals surface area contributed by atoms with E-state index in [1.165, 1.54) is 0 Å². The van der Waals surface area contributed by atoms with E-state index in [0.29, 0.717) is 6.42 Å². The van der Waals surface area contributed by atoms with Crippen LogP contribution < -0.4 is 0 Å². The molecule has 0 aliphatic carbocycles. The minimum Gasteiger partial charge on any atom is -0.396 e. The van der Waals surface area contributed by atoms with Crippen molar-refractivity contribution in [2.45, 2.75) is 6.42 Å². The largest absolute Gasteiger partial charge is 0.396 e. The van der Waals surface area contributed by atoms with Crippen LogP contribution in [-0.4, -0.2) is 66.2 Å². The van der Waals surface area contributed by atoms with E-state index in [-0.39, 0.29) is 13.2 Å². The van der Waals surface area contributed by atoms with Crippen LogP contribution in [0.3, 0.4) is 0 Å². The van der Waals surface area contributed by atoms with Crippen LogP contribution in [0.5, 0.6) is 0 Å². The Bertz CT molecular complexity index is 287. The first-order valence-electron chi connectivity index (χ1n) is 6.28. The zero-order valence-corrected chi connectivity index (χ0v) is 10.7. The lowest BCUT2D eigenvalue weighted by atomic mass is 10.3. The number of aliphatic hydroxyl groups is 2. The minimum absolute atomic E-state index is 0.178. The van der Waals surface area contributed by atoms with Crippen LogP contribution in [0.25, 0.3) is 0 Å². The van der Waals surface area contributed by atoms with E-state index < -0.39 is 0 Å². The highest BCUT2D eigenvalue weighted by Crippen LogP contribution is 1.94. The molecule has 1 fully saturated rings. The van der Waals surface area contributed by atoms with Gasteiger partial charge in [-0.25, -0.2) is 0 Å². The molecule has 0 radical (unpaired) electrons. The Hall–Kier alpha value is -1.01. The van der Waals surface area contributed by atoms with E-state index in [1.807, 2.05) is 18.2 Å². The van der Waals surface area contributed by atoms with Gasteiger partial charge >= 0.3 is 0 Å². The maximum atomic E-state index is 8.54. The molecule has 0 spiro atoms. The summed E-state index contributed by atoms with van der Waals surface area (Å²) in [5.41, 5.74) is 0.944. The van der Waals surface area contributed by atoms with Gasteiger partial charge in [0.15, 0.2) is 0 Å². The van der Waals surface area contributed by atoms with Gasteiger partial charge in [-0.3, -0.25) is 9.88 Å². The number of hydrogen-bond acceptors (Lipinski definition) is 5. The lowest BCUT2D eigenvalue weighted by Gasteiger charge is -2.25. The second kappa shape index (κ2) is 9.96. The molecule has 1 aromatic heterocycles. The van der Waals surface area contributed by atoms with Gasteiger partial charge in [0.25, 0.3) is 0 Å². The molecular weight excluding hydrogens is 232 g/mol. The molecule has 5 heteroatoms. The summed E-state index contributed by atoms with van der Waals surface area (Å²) in [4.78, 5) is 6.21. The van der Waals surface area contributed by atoms with Crippen molar-refractivity contribution >= 4 is 0 Å². The molecule has 0 unspecified atom stereocenters. The lowest BCUT2D eigenvalue weighted by Crippen LogP contribution is -2.37. The average Bonchev–Trinajstić information content (AvgIpc) is 2.43. The van der Waals surface area contributed by atoms with Gasteiger partial charge in [-0.1, -0.05) is 6.07 Å². The summed E-state index contributed by atoms with van der Waals surface area (Å²) < 4.78 is 5.12. The number of ether oxygens (including phenoxy) is 1. The Morgan fingerprint density at radius 2 is 1.94 bits per heavy atom. The van der Waals surface area contributed by atoms with Gasteiger partial charge in [0.1, 0.15) is 0 Å². The Labute approximate surface area is 108 Å². The molecular formula is C13H22N2O3. The number of aromatic nitrogens is 1. The lowest BCUT2D eigenvalue weighted by molar-refractivity contribution is 0.0306. The maximum Gasteiger partial charge on any atom is 0.0594 e. The van der Waals surface area contributed by atoms with Crippen LogP contribution >= 0.6 is 0 Å². The maximum absolute atomic E-state index is 8.54. The van der Waals surface area contributed by atoms with Gasteiger partial charge < -0.3 is 14.9 Å². The first kappa shape index (κ1) is 15.0. The van der Waals surface area contributed by atoms with E-state index >= 15 is 0 Å². The molecule has 2 rings (SSSR count). The smallest absolute Gasteiger partial charge is 0.0594 e. The van der Waals surface area contributed by atoms with Crippen LogP contribution in [0, 0.1) is 0 Å². The predicted octanol–water partition coefficient (Wildman–Crippen LogP) is -0.0727. The monoisotopic (exact) mass is 254 g/mol.